The first-order valence-corrected chi connectivity index (χ1v) is 3.28. The molecule has 0 aromatic carbocycles. The maximum Gasteiger partial charge on any atom is 0.505 e. The summed E-state index contributed by atoms with van der Waals surface area (Å²) in [5.41, 5.74) is 0. The number of hydrogen-bond acceptors (Lipinski definition) is 6. The number of carbonyl (C=O) groups is 2. The Morgan fingerprint density at radius 3 is 2.46 bits per heavy atom. The van der Waals surface area contributed by atoms with E-state index in [-0.39, 0.29) is 6.61 Å². The first kappa shape index (κ1) is 11.5. The van der Waals surface area contributed by atoms with Gasteiger partial charge in [0.05, 0.1) is 12.7 Å². The SMILES string of the molecule is COCC(COC(=O)O)OC(=O)[O-]. The van der Waals surface area contributed by atoms with E-state index in [1.165, 1.54) is 7.11 Å². The number of carboxylic acid groups (broad SMARTS) is 2. The van der Waals surface area contributed by atoms with E-state index >= 15 is 0 Å². The smallest absolute Gasteiger partial charge is 0.505 e. The maximum atomic E-state index is 9.94. The molecule has 0 fully saturated rings. The molecule has 76 valence electrons. The molecule has 7 heteroatoms. The van der Waals surface area contributed by atoms with Gasteiger partial charge in [-0.3, -0.25) is 0 Å². The average molecular weight is 193 g/mol. The number of methoxy groups -OCH3 is 1. The van der Waals surface area contributed by atoms with Crippen LogP contribution in [0.2, 0.25) is 0 Å². The summed E-state index contributed by atoms with van der Waals surface area (Å²) in [6, 6.07) is 0. The Morgan fingerprint density at radius 1 is 1.46 bits per heavy atom. The van der Waals surface area contributed by atoms with Crippen molar-refractivity contribution in [2.45, 2.75) is 6.10 Å². The molecule has 0 aromatic rings. The van der Waals surface area contributed by atoms with Crippen LogP contribution in [0.15, 0.2) is 0 Å². The Kier molecular flexibility index (Phi) is 5.37. The normalized spacial score (nSPS) is 11.8. The summed E-state index contributed by atoms with van der Waals surface area (Å²) in [6.45, 7) is -0.515. The molecule has 0 rings (SSSR count). The lowest BCUT2D eigenvalue weighted by atomic mass is 10.4. The summed E-state index contributed by atoms with van der Waals surface area (Å²) >= 11 is 0. The zero-order chi connectivity index (χ0) is 10.3. The van der Waals surface area contributed by atoms with E-state index in [2.05, 4.69) is 14.2 Å². The third kappa shape index (κ3) is 6.88. The first-order valence-electron chi connectivity index (χ1n) is 3.28. The average Bonchev–Trinajstić information content (AvgIpc) is 1.99. The molecule has 0 heterocycles. The van der Waals surface area contributed by atoms with Crippen molar-refractivity contribution in [2.24, 2.45) is 0 Å². The van der Waals surface area contributed by atoms with Crippen molar-refractivity contribution >= 4 is 12.3 Å². The van der Waals surface area contributed by atoms with Crippen LogP contribution in [0.5, 0.6) is 0 Å². The van der Waals surface area contributed by atoms with Crippen LogP contribution in [-0.4, -0.2) is 43.8 Å². The van der Waals surface area contributed by atoms with Crippen molar-refractivity contribution in [3.8, 4) is 0 Å². The molecule has 0 radical (unpaired) electrons. The van der Waals surface area contributed by atoms with Crippen LogP contribution in [-0.2, 0) is 14.2 Å². The van der Waals surface area contributed by atoms with Gasteiger partial charge in [-0.2, -0.15) is 0 Å². The molecule has 0 aliphatic rings. The van der Waals surface area contributed by atoms with Gasteiger partial charge in [-0.25, -0.2) is 4.79 Å². The molecule has 0 aliphatic carbocycles. The van der Waals surface area contributed by atoms with Crippen LogP contribution in [0.1, 0.15) is 0 Å². The van der Waals surface area contributed by atoms with Crippen molar-refractivity contribution < 1.29 is 34.0 Å². The standard InChI is InChI=1S/C6H10O7/c1-11-2-4(13-6(9)10)3-12-5(7)8/h4H,2-3H2,1H3,(H,7,8)(H,9,10)/p-1. The third-order valence-corrected chi connectivity index (χ3v) is 1.01. The number of hydrogen-bond donors (Lipinski definition) is 1. The second-order valence-corrected chi connectivity index (χ2v) is 2.02. The molecule has 0 spiro atoms. The van der Waals surface area contributed by atoms with E-state index in [1.807, 2.05) is 0 Å². The molecule has 13 heavy (non-hydrogen) atoms. The van der Waals surface area contributed by atoms with E-state index < -0.39 is 25.0 Å². The second-order valence-electron chi connectivity index (χ2n) is 2.02. The van der Waals surface area contributed by atoms with E-state index in [0.717, 1.165) is 0 Å². The van der Waals surface area contributed by atoms with Crippen molar-refractivity contribution in [1.82, 2.24) is 0 Å². The van der Waals surface area contributed by atoms with E-state index in [0.29, 0.717) is 0 Å². The fourth-order valence-electron chi connectivity index (χ4n) is 0.602. The second kappa shape index (κ2) is 6.06. The quantitative estimate of drug-likeness (QED) is 0.561. The monoisotopic (exact) mass is 193 g/mol. The number of rotatable bonds is 5. The molecule has 0 amide bonds. The molecule has 7 nitrogen and oxygen atoms in total. The van der Waals surface area contributed by atoms with Gasteiger partial charge in [-0.15, -0.1) is 0 Å². The molecule has 1 atom stereocenters. The Hall–Kier alpha value is -1.50. The third-order valence-electron chi connectivity index (χ3n) is 1.01. The van der Waals surface area contributed by atoms with Gasteiger partial charge in [0.15, 0.2) is 0 Å². The molecule has 0 bridgehead atoms. The summed E-state index contributed by atoms with van der Waals surface area (Å²) in [6.07, 6.45) is -4.26. The highest BCUT2D eigenvalue weighted by Crippen LogP contribution is 1.94. The predicted molar refractivity (Wildman–Crippen MR) is 36.1 cm³/mol. The van der Waals surface area contributed by atoms with Crippen LogP contribution in [0.3, 0.4) is 0 Å². The van der Waals surface area contributed by atoms with Crippen LogP contribution in [0, 0.1) is 0 Å². The summed E-state index contributed by atoms with van der Waals surface area (Å²) in [5.74, 6) is 0. The lowest BCUT2D eigenvalue weighted by Gasteiger charge is -2.19. The van der Waals surface area contributed by atoms with Crippen LogP contribution in [0.25, 0.3) is 0 Å². The first-order chi connectivity index (χ1) is 6.06. The Balaban J connectivity index is 3.79. The van der Waals surface area contributed by atoms with Gasteiger partial charge in [0.25, 0.3) is 6.16 Å². The van der Waals surface area contributed by atoms with Gasteiger partial charge >= 0.3 is 6.16 Å². The van der Waals surface area contributed by atoms with Gasteiger partial charge in [-0.05, 0) is 0 Å². The van der Waals surface area contributed by atoms with E-state index in [4.69, 9.17) is 5.11 Å². The molecular formula is C6H9O7-. The van der Waals surface area contributed by atoms with Gasteiger partial charge in [0.1, 0.15) is 6.61 Å². The molecule has 0 aromatic heterocycles. The molecular weight excluding hydrogens is 184 g/mol. The van der Waals surface area contributed by atoms with Crippen LogP contribution < -0.4 is 5.11 Å². The van der Waals surface area contributed by atoms with Gasteiger partial charge in [0, 0.05) is 7.11 Å². The summed E-state index contributed by atoms with van der Waals surface area (Å²) in [5, 5.41) is 18.0. The zero-order valence-corrected chi connectivity index (χ0v) is 6.89. The summed E-state index contributed by atoms with van der Waals surface area (Å²) in [4.78, 5) is 19.8. The Morgan fingerprint density at radius 2 is 2.08 bits per heavy atom. The van der Waals surface area contributed by atoms with Crippen molar-refractivity contribution in [3.63, 3.8) is 0 Å². The molecule has 1 unspecified atom stereocenters. The highest BCUT2D eigenvalue weighted by atomic mass is 16.7. The Bertz CT molecular complexity index is 178. The molecule has 0 saturated carbocycles. The van der Waals surface area contributed by atoms with Crippen molar-refractivity contribution in [1.29, 1.82) is 0 Å². The maximum absolute atomic E-state index is 9.94. The fraction of sp³-hybridized carbons (Fsp3) is 0.667. The minimum Gasteiger partial charge on any atom is -0.540 e. The zero-order valence-electron chi connectivity index (χ0n) is 6.89. The van der Waals surface area contributed by atoms with Crippen molar-refractivity contribution in [2.75, 3.05) is 20.3 Å². The van der Waals surface area contributed by atoms with Crippen molar-refractivity contribution in [3.05, 3.63) is 0 Å². The van der Waals surface area contributed by atoms with Gasteiger partial charge in [0.2, 0.25) is 0 Å². The Labute approximate surface area is 73.8 Å². The highest BCUT2D eigenvalue weighted by molar-refractivity contribution is 5.57. The molecule has 0 saturated heterocycles. The van der Waals surface area contributed by atoms with Crippen LogP contribution >= 0.6 is 0 Å². The predicted octanol–water partition coefficient (Wildman–Crippen LogP) is -0.944. The lowest BCUT2D eigenvalue weighted by Crippen LogP contribution is -2.35. The molecule has 1 N–H and O–H groups in total. The summed E-state index contributed by atoms with van der Waals surface area (Å²) < 4.78 is 12.8. The number of carbonyl (C=O) groups excluding carboxylic acids is 1. The summed E-state index contributed by atoms with van der Waals surface area (Å²) in [7, 11) is 1.31. The van der Waals surface area contributed by atoms with Gasteiger partial charge in [-0.1, -0.05) is 0 Å². The minimum absolute atomic E-state index is 0.0960. The highest BCUT2D eigenvalue weighted by Gasteiger charge is 2.09. The minimum atomic E-state index is -1.75. The number of ether oxygens (including phenoxy) is 3. The lowest BCUT2D eigenvalue weighted by molar-refractivity contribution is -0.290. The fourth-order valence-corrected chi connectivity index (χ4v) is 0.602. The topological polar surface area (TPSA) is 105 Å². The van der Waals surface area contributed by atoms with E-state index in [9.17, 15) is 14.7 Å². The van der Waals surface area contributed by atoms with Crippen LogP contribution in [0.4, 0.5) is 9.59 Å². The largest absolute Gasteiger partial charge is 0.540 e. The van der Waals surface area contributed by atoms with E-state index in [1.54, 1.807) is 0 Å². The molecule has 0 aliphatic heterocycles. The van der Waals surface area contributed by atoms with Gasteiger partial charge < -0.3 is 29.2 Å².